The second kappa shape index (κ2) is 10.7. The van der Waals surface area contributed by atoms with Crippen molar-refractivity contribution in [2.75, 3.05) is 7.05 Å². The number of hydrogen-bond acceptors (Lipinski definition) is 2. The van der Waals surface area contributed by atoms with Gasteiger partial charge in [0.25, 0.3) is 0 Å². The first-order valence-corrected chi connectivity index (χ1v) is 9.55. The molecule has 28 heavy (non-hydrogen) atoms. The van der Waals surface area contributed by atoms with Crippen LogP contribution in [0.25, 0.3) is 0 Å². The molecule has 1 atom stereocenters. The standard InChI is InChI=1S/C21H25ClFN3O2/c1-3-6-19(20(27)26(2)14-16-7-4-5-8-18(16)22)25-21(28)24-13-15-9-11-17(23)12-10-15/h4-5,7-12,19H,3,6,13-14H2,1-2H3,(H2,24,25,28)/t19-/m1/s1. The molecule has 150 valence electrons. The molecule has 3 amide bonds. The minimum Gasteiger partial charge on any atom is -0.340 e. The molecule has 2 aromatic rings. The Balaban J connectivity index is 1.92. The van der Waals surface area contributed by atoms with E-state index in [1.54, 1.807) is 30.1 Å². The zero-order chi connectivity index (χ0) is 20.5. The van der Waals surface area contributed by atoms with Gasteiger partial charge in [-0.2, -0.15) is 0 Å². The summed E-state index contributed by atoms with van der Waals surface area (Å²) in [7, 11) is 1.69. The highest BCUT2D eigenvalue weighted by atomic mass is 35.5. The van der Waals surface area contributed by atoms with E-state index in [2.05, 4.69) is 10.6 Å². The molecule has 0 aliphatic carbocycles. The maximum absolute atomic E-state index is 12.9. The third-order valence-electron chi connectivity index (χ3n) is 4.29. The lowest BCUT2D eigenvalue weighted by Crippen LogP contribution is -2.50. The topological polar surface area (TPSA) is 61.4 Å². The predicted octanol–water partition coefficient (Wildman–Crippen LogP) is 4.11. The number of nitrogens with zero attached hydrogens (tertiary/aromatic N) is 1. The number of benzene rings is 2. The van der Waals surface area contributed by atoms with Crippen LogP contribution < -0.4 is 10.6 Å². The fraction of sp³-hybridized carbons (Fsp3) is 0.333. The molecule has 0 saturated heterocycles. The van der Waals surface area contributed by atoms with Gasteiger partial charge in [0, 0.05) is 25.2 Å². The van der Waals surface area contributed by atoms with Crippen LogP contribution in [0.4, 0.5) is 9.18 Å². The predicted molar refractivity (Wildman–Crippen MR) is 108 cm³/mol. The van der Waals surface area contributed by atoms with Gasteiger partial charge in [-0.1, -0.05) is 55.3 Å². The van der Waals surface area contributed by atoms with Gasteiger partial charge in [0.2, 0.25) is 5.91 Å². The monoisotopic (exact) mass is 405 g/mol. The van der Waals surface area contributed by atoms with E-state index in [1.165, 1.54) is 12.1 Å². The van der Waals surface area contributed by atoms with Crippen LogP contribution >= 0.6 is 11.6 Å². The van der Waals surface area contributed by atoms with Gasteiger partial charge in [-0.25, -0.2) is 9.18 Å². The van der Waals surface area contributed by atoms with Crippen molar-refractivity contribution in [2.45, 2.75) is 38.9 Å². The molecule has 0 unspecified atom stereocenters. The molecular weight excluding hydrogens is 381 g/mol. The molecule has 0 spiro atoms. The van der Waals surface area contributed by atoms with Gasteiger partial charge in [-0.15, -0.1) is 0 Å². The number of amides is 3. The summed E-state index contributed by atoms with van der Waals surface area (Å²) in [4.78, 5) is 26.6. The van der Waals surface area contributed by atoms with Gasteiger partial charge in [0.05, 0.1) is 0 Å². The van der Waals surface area contributed by atoms with Crippen molar-refractivity contribution in [3.05, 3.63) is 70.5 Å². The SMILES string of the molecule is CCC[C@@H](NC(=O)NCc1ccc(F)cc1)C(=O)N(C)Cc1ccccc1Cl. The van der Waals surface area contributed by atoms with E-state index in [0.717, 1.165) is 17.5 Å². The number of urea groups is 1. The summed E-state index contributed by atoms with van der Waals surface area (Å²) >= 11 is 6.17. The number of nitrogens with one attached hydrogen (secondary N) is 2. The van der Waals surface area contributed by atoms with Crippen molar-refractivity contribution in [2.24, 2.45) is 0 Å². The van der Waals surface area contributed by atoms with E-state index in [4.69, 9.17) is 11.6 Å². The fourth-order valence-electron chi connectivity index (χ4n) is 2.77. The van der Waals surface area contributed by atoms with Crippen LogP contribution in [0.15, 0.2) is 48.5 Å². The van der Waals surface area contributed by atoms with Crippen LogP contribution in [0.5, 0.6) is 0 Å². The van der Waals surface area contributed by atoms with Crippen LogP contribution in [-0.4, -0.2) is 29.9 Å². The average molecular weight is 406 g/mol. The van der Waals surface area contributed by atoms with E-state index >= 15 is 0 Å². The third-order valence-corrected chi connectivity index (χ3v) is 4.66. The van der Waals surface area contributed by atoms with Crippen LogP contribution in [0, 0.1) is 5.82 Å². The van der Waals surface area contributed by atoms with E-state index in [0.29, 0.717) is 18.0 Å². The normalized spacial score (nSPS) is 11.6. The van der Waals surface area contributed by atoms with Crippen molar-refractivity contribution in [1.82, 2.24) is 15.5 Å². The van der Waals surface area contributed by atoms with Crippen LogP contribution in [0.1, 0.15) is 30.9 Å². The Labute approximate surface area is 169 Å². The molecule has 0 saturated carbocycles. The average Bonchev–Trinajstić information content (AvgIpc) is 2.68. The number of rotatable bonds is 8. The zero-order valence-corrected chi connectivity index (χ0v) is 16.8. The lowest BCUT2D eigenvalue weighted by molar-refractivity contribution is -0.132. The Kier molecular flexibility index (Phi) is 8.26. The van der Waals surface area contributed by atoms with Crippen LogP contribution in [0.3, 0.4) is 0 Å². The Morgan fingerprint density at radius 1 is 1.14 bits per heavy atom. The molecule has 0 bridgehead atoms. The maximum atomic E-state index is 12.9. The Bertz CT molecular complexity index is 798. The van der Waals surface area contributed by atoms with Gasteiger partial charge in [-0.05, 0) is 35.7 Å². The van der Waals surface area contributed by atoms with Gasteiger partial charge in [0.15, 0.2) is 0 Å². The first-order chi connectivity index (χ1) is 13.4. The van der Waals surface area contributed by atoms with E-state index in [9.17, 15) is 14.0 Å². The highest BCUT2D eigenvalue weighted by molar-refractivity contribution is 6.31. The quantitative estimate of drug-likeness (QED) is 0.694. The second-order valence-electron chi connectivity index (χ2n) is 6.58. The summed E-state index contributed by atoms with van der Waals surface area (Å²) in [5.74, 6) is -0.512. The van der Waals surface area contributed by atoms with E-state index in [-0.39, 0.29) is 18.3 Å². The van der Waals surface area contributed by atoms with Crippen molar-refractivity contribution >= 4 is 23.5 Å². The van der Waals surface area contributed by atoms with Gasteiger partial charge in [-0.3, -0.25) is 4.79 Å². The molecule has 0 heterocycles. The van der Waals surface area contributed by atoms with Crippen molar-refractivity contribution in [3.8, 4) is 0 Å². The number of halogens is 2. The summed E-state index contributed by atoms with van der Waals surface area (Å²) in [6.07, 6.45) is 1.27. The smallest absolute Gasteiger partial charge is 0.315 e. The summed E-state index contributed by atoms with van der Waals surface area (Å²) < 4.78 is 12.9. The number of carbonyl (C=O) groups excluding carboxylic acids is 2. The van der Waals surface area contributed by atoms with E-state index < -0.39 is 12.1 Å². The van der Waals surface area contributed by atoms with Gasteiger partial charge in [0.1, 0.15) is 11.9 Å². The minimum atomic E-state index is -0.634. The summed E-state index contributed by atoms with van der Waals surface area (Å²) in [5, 5.41) is 6.02. The van der Waals surface area contributed by atoms with Crippen LogP contribution in [0.2, 0.25) is 5.02 Å². The second-order valence-corrected chi connectivity index (χ2v) is 6.99. The highest BCUT2D eigenvalue weighted by Crippen LogP contribution is 2.17. The maximum Gasteiger partial charge on any atom is 0.315 e. The largest absolute Gasteiger partial charge is 0.340 e. The minimum absolute atomic E-state index is 0.182. The third kappa shape index (κ3) is 6.53. The lowest BCUT2D eigenvalue weighted by atomic mass is 10.1. The van der Waals surface area contributed by atoms with Crippen molar-refractivity contribution < 1.29 is 14.0 Å². The molecule has 0 aliphatic rings. The molecule has 7 heteroatoms. The summed E-state index contributed by atoms with van der Waals surface area (Å²) in [6, 6.07) is 12.1. The zero-order valence-electron chi connectivity index (χ0n) is 16.0. The molecule has 2 N–H and O–H groups in total. The molecule has 0 aliphatic heterocycles. The van der Waals surface area contributed by atoms with Crippen molar-refractivity contribution in [1.29, 1.82) is 0 Å². The number of carbonyl (C=O) groups is 2. The van der Waals surface area contributed by atoms with Gasteiger partial charge >= 0.3 is 6.03 Å². The molecule has 2 rings (SSSR count). The molecule has 5 nitrogen and oxygen atoms in total. The first-order valence-electron chi connectivity index (χ1n) is 9.18. The Morgan fingerprint density at radius 2 is 1.82 bits per heavy atom. The molecule has 0 aromatic heterocycles. The number of hydrogen-bond donors (Lipinski definition) is 2. The lowest BCUT2D eigenvalue weighted by Gasteiger charge is -2.25. The summed E-state index contributed by atoms with van der Waals surface area (Å²) in [5.41, 5.74) is 1.61. The Morgan fingerprint density at radius 3 is 2.46 bits per heavy atom. The van der Waals surface area contributed by atoms with Crippen LogP contribution in [-0.2, 0) is 17.9 Å². The van der Waals surface area contributed by atoms with Crippen molar-refractivity contribution in [3.63, 3.8) is 0 Å². The molecule has 2 aromatic carbocycles. The fourth-order valence-corrected chi connectivity index (χ4v) is 2.96. The molecule has 0 radical (unpaired) electrons. The summed E-state index contributed by atoms with van der Waals surface area (Å²) in [6.45, 7) is 2.55. The van der Waals surface area contributed by atoms with E-state index in [1.807, 2.05) is 25.1 Å². The Hall–Kier alpha value is -2.60. The first kappa shape index (κ1) is 21.7. The number of likely N-dealkylation sites (N-methyl/N-ethyl adjacent to an activating group) is 1. The van der Waals surface area contributed by atoms with Gasteiger partial charge < -0.3 is 15.5 Å². The molecular formula is C21H25ClFN3O2. The highest BCUT2D eigenvalue weighted by Gasteiger charge is 2.23. The molecule has 0 fully saturated rings.